The van der Waals surface area contributed by atoms with Crippen LogP contribution in [0.3, 0.4) is 0 Å². The Morgan fingerprint density at radius 3 is 1.64 bits per heavy atom. The predicted molar refractivity (Wildman–Crippen MR) is 496 cm³/mol. The number of benzene rings is 7. The van der Waals surface area contributed by atoms with Crippen LogP contribution in [0, 0.1) is 0 Å². The van der Waals surface area contributed by atoms with Crippen LogP contribution in [-0.4, -0.2) is 152 Å². The van der Waals surface area contributed by atoms with Crippen molar-refractivity contribution in [1.29, 1.82) is 0 Å². The van der Waals surface area contributed by atoms with Crippen LogP contribution in [0.15, 0.2) is 268 Å². The third kappa shape index (κ3) is 17.8. The van der Waals surface area contributed by atoms with Gasteiger partial charge in [-0.15, -0.1) is 0 Å². The fraction of sp³-hybridized carbons (Fsp3) is 0.194. The Bertz CT molecular complexity index is 7120. The Hall–Kier alpha value is -15.0. The van der Waals surface area contributed by atoms with Crippen molar-refractivity contribution in [2.75, 3.05) is 52.6 Å². The van der Waals surface area contributed by atoms with Crippen LogP contribution >= 0.6 is 11.6 Å². The fourth-order valence-corrected chi connectivity index (χ4v) is 17.6. The Labute approximate surface area is 745 Å². The zero-order chi connectivity index (χ0) is 89.2. The molecule has 646 valence electrons. The molecule has 7 aromatic carbocycles. The van der Waals surface area contributed by atoms with Gasteiger partial charge < -0.3 is 52.7 Å². The van der Waals surface area contributed by atoms with Crippen LogP contribution in [0.2, 0.25) is 5.02 Å². The van der Waals surface area contributed by atoms with Crippen LogP contribution in [0.25, 0.3) is 105 Å². The number of anilines is 1. The molecule has 8 aromatic heterocycles. The van der Waals surface area contributed by atoms with Crippen LogP contribution in [0.1, 0.15) is 103 Å². The number of aromatic nitrogens is 10. The first-order valence-electron chi connectivity index (χ1n) is 42.6. The van der Waals surface area contributed by atoms with Crippen LogP contribution in [0.5, 0.6) is 17.2 Å². The highest BCUT2D eigenvalue weighted by atomic mass is 35.5. The lowest BCUT2D eigenvalue weighted by Crippen LogP contribution is -2.08. The normalized spacial score (nSPS) is 15.2. The number of carbonyl (C=O) groups is 8. The lowest BCUT2D eigenvalue weighted by Gasteiger charge is -2.12. The number of rotatable bonds is 18. The van der Waals surface area contributed by atoms with E-state index in [4.69, 9.17) is 35.6 Å². The van der Waals surface area contributed by atoms with E-state index in [2.05, 4.69) is 42.0 Å². The van der Waals surface area contributed by atoms with Crippen LogP contribution in [-0.2, 0) is 62.7 Å². The molecule has 4 aliphatic carbocycles. The minimum atomic E-state index is -0.253. The molecule has 0 saturated carbocycles. The van der Waals surface area contributed by atoms with Gasteiger partial charge in [-0.3, -0.25) is 53.0 Å². The summed E-state index contributed by atoms with van der Waals surface area (Å²) in [6.45, 7) is 3.51. The number of halogens is 1. The van der Waals surface area contributed by atoms with E-state index in [1.807, 2.05) is 208 Å². The molecule has 20 rings (SSSR count). The number of aliphatic hydroxyl groups excluding tert-OH is 2. The summed E-state index contributed by atoms with van der Waals surface area (Å²) in [6, 6.07) is 56.5. The lowest BCUT2D eigenvalue weighted by atomic mass is 9.95. The molecule has 5 aliphatic rings. The maximum absolute atomic E-state index is 13.4. The molecule has 25 nitrogen and oxygen atoms in total. The molecule has 9 heterocycles. The highest BCUT2D eigenvalue weighted by molar-refractivity contribution is 6.54. The molecule has 1 aliphatic heterocycles. The van der Waals surface area contributed by atoms with Gasteiger partial charge in [0.05, 0.1) is 121 Å². The molecule has 0 atom stereocenters. The number of hydrogen-bond donors (Lipinski definition) is 3. The van der Waals surface area contributed by atoms with E-state index in [9.17, 15) is 48.6 Å². The van der Waals surface area contributed by atoms with E-state index < -0.39 is 0 Å². The van der Waals surface area contributed by atoms with Crippen molar-refractivity contribution >= 4 is 157 Å². The number of methoxy groups -OCH3 is 2. The van der Waals surface area contributed by atoms with Crippen LogP contribution in [0.4, 0.5) is 5.69 Å². The molecular weight excluding hydrogens is 1650 g/mol. The van der Waals surface area contributed by atoms with Crippen molar-refractivity contribution in [2.24, 2.45) is 0 Å². The summed E-state index contributed by atoms with van der Waals surface area (Å²) in [4.78, 5) is 121. The standard InChI is InChI=1S/C28H21ClN4O3.C27H20N4O3.C25H25NO4.C23H22N2O4/c29-17-8-9-22-20(13-17)21(16-32(22)18-5-3-10-30-15-18)26-24(35)14-25(36)27(26)28-19-6-1-2-7-23(19)33(31-28)11-4-12-34;32-10-9-30-14-20(18-5-1-3-7-22(18)30)26-24(33)11-25(34)27(26)21-15-31(17-12-28-16-29-13-17)23-8-4-2-6-19(21)23;27-22-17-23(28)25-24(22)18-9-7-11-20(15-18)29-13-5-3-1-2-4-6-14-30-21-12-8-10-19(16-21)26-25;1-28-11-5-10-25-14-17(16-13-24-9-8-18(16)25)23-20(27)12-19(26)22(23)15-6-3-4-7-21(15)29-2/h1-3,5-10,13,15-16,34H,4,11-12,14H2;1-8,12-16,32H,9-11H2;1-2,7-12,15-16,26H,3-6,13-14,17H2;3-4,6-9,13-14H,5,10-12H2,1-2H3/b;;2-1-;. The molecule has 4 bridgehead atoms. The molecule has 129 heavy (non-hydrogen) atoms. The highest BCUT2D eigenvalue weighted by Crippen LogP contribution is 2.47. The number of pyridine rings is 2. The molecule has 3 N–H and O–H groups in total. The van der Waals surface area contributed by atoms with Crippen molar-refractivity contribution in [3.8, 4) is 28.6 Å². The third-order valence-corrected chi connectivity index (χ3v) is 23.4. The smallest absolute Gasteiger partial charge is 0.187 e. The maximum atomic E-state index is 13.4. The number of fused-ring (bicyclic) bond motifs is 10. The zero-order valence-electron chi connectivity index (χ0n) is 70.7. The van der Waals surface area contributed by atoms with Gasteiger partial charge in [-0.2, -0.15) is 5.10 Å². The SMILES string of the molecule is COCCCn1cc(C2=C(c3ccccc3OC)C(=O)CC2=O)c2cnccc21.O=C1CC(=O)C(c2cn(-c3cncnc3)c3ccccc23)=C1c1cn(CCO)c2ccccc12.O=C1CC(=O)C(c2nn(CCCO)c3ccccc23)=C1c1cn(-c2cccnc2)c2ccc(Cl)cc12.O=C1CC(=O)C2=C1Nc1cccc(c1)OCCC/C=C\CCCOc1cccc2c1. The molecule has 0 saturated heterocycles. The van der Waals surface area contributed by atoms with Gasteiger partial charge in [0.2, 0.25) is 0 Å². The molecule has 0 spiro atoms. The number of hydrogen-bond acceptors (Lipinski definition) is 20. The molecule has 0 fully saturated rings. The number of nitrogens with zero attached hydrogens (tertiary/aromatic N) is 10. The second-order valence-electron chi connectivity index (χ2n) is 31.4. The van der Waals surface area contributed by atoms with Crippen molar-refractivity contribution in [1.82, 2.24) is 48.0 Å². The van der Waals surface area contributed by atoms with Gasteiger partial charge >= 0.3 is 0 Å². The first-order chi connectivity index (χ1) is 63.1. The van der Waals surface area contributed by atoms with Gasteiger partial charge in [0, 0.05) is 188 Å². The summed E-state index contributed by atoms with van der Waals surface area (Å²) in [5.41, 5.74) is 14.6. The number of aryl methyl sites for hydroxylation is 2. The van der Waals surface area contributed by atoms with E-state index >= 15 is 0 Å². The van der Waals surface area contributed by atoms with Crippen molar-refractivity contribution < 1.29 is 67.5 Å². The van der Waals surface area contributed by atoms with Gasteiger partial charge in [0.1, 0.15) is 29.3 Å². The first-order valence-corrected chi connectivity index (χ1v) is 43.0. The number of aliphatic hydroxyl groups is 2. The Balaban J connectivity index is 0.000000121. The van der Waals surface area contributed by atoms with E-state index in [0.717, 1.165) is 121 Å². The second kappa shape index (κ2) is 38.8. The molecular formula is C103H88ClN11O14. The van der Waals surface area contributed by atoms with E-state index in [0.29, 0.717) is 134 Å². The first kappa shape index (κ1) is 86.1. The summed E-state index contributed by atoms with van der Waals surface area (Å²) < 4.78 is 32.0. The number of nitrogens with one attached hydrogen (secondary N) is 1. The fourth-order valence-electron chi connectivity index (χ4n) is 17.4. The number of ketones is 8. The second-order valence-corrected chi connectivity index (χ2v) is 31.8. The summed E-state index contributed by atoms with van der Waals surface area (Å²) in [5, 5.41) is 31.5. The number of carbonyl (C=O) groups excluding carboxylic acids is 8. The van der Waals surface area contributed by atoms with Gasteiger partial charge in [0.15, 0.2) is 46.3 Å². The monoisotopic (exact) mass is 1740 g/mol. The van der Waals surface area contributed by atoms with Gasteiger partial charge in [0.25, 0.3) is 0 Å². The molecule has 0 unspecified atom stereocenters. The number of allylic oxidation sites excluding steroid dienone is 10. The topological polar surface area (TPSA) is 315 Å². The number of Topliss-reactive ketones (excluding diaryl/α,β-unsaturated/α-hetero) is 8. The third-order valence-electron chi connectivity index (χ3n) is 23.1. The molecule has 26 heteroatoms. The summed E-state index contributed by atoms with van der Waals surface area (Å²) in [7, 11) is 3.24. The average molecular weight is 1740 g/mol. The van der Waals surface area contributed by atoms with Gasteiger partial charge in [-0.1, -0.05) is 115 Å². The minimum Gasteiger partial charge on any atom is -0.496 e. The lowest BCUT2D eigenvalue weighted by molar-refractivity contribution is -0.121. The summed E-state index contributed by atoms with van der Waals surface area (Å²) in [5.74, 6) is 0.399. The minimum absolute atomic E-state index is 0.0243. The van der Waals surface area contributed by atoms with E-state index in [1.165, 1.54) is 6.33 Å². The summed E-state index contributed by atoms with van der Waals surface area (Å²) in [6.07, 6.45) is 28.3. The van der Waals surface area contributed by atoms with E-state index in [1.54, 1.807) is 68.2 Å². The Kier molecular flexibility index (Phi) is 25.9. The largest absolute Gasteiger partial charge is 0.496 e. The van der Waals surface area contributed by atoms with Gasteiger partial charge in [-0.05, 0) is 129 Å². The van der Waals surface area contributed by atoms with Crippen molar-refractivity contribution in [2.45, 2.75) is 83.8 Å². The predicted octanol–water partition coefficient (Wildman–Crippen LogP) is 17.2. The number of ether oxygens (including phenoxy) is 4. The Morgan fingerprint density at radius 2 is 0.969 bits per heavy atom. The summed E-state index contributed by atoms with van der Waals surface area (Å²) >= 11 is 6.38. The zero-order valence-corrected chi connectivity index (χ0v) is 71.5. The molecule has 0 radical (unpaired) electrons. The molecule has 15 aromatic rings. The highest BCUT2D eigenvalue weighted by Gasteiger charge is 2.40. The number of para-hydroxylation sites is 4. The van der Waals surface area contributed by atoms with Crippen molar-refractivity contribution in [3.63, 3.8) is 0 Å². The average Bonchev–Trinajstić information content (AvgIpc) is 1.62. The van der Waals surface area contributed by atoms with E-state index in [-0.39, 0.29) is 85.2 Å². The van der Waals surface area contributed by atoms with Crippen molar-refractivity contribution in [3.05, 3.63) is 312 Å². The van der Waals surface area contributed by atoms with Gasteiger partial charge in [-0.25, -0.2) is 9.97 Å². The Morgan fingerprint density at radius 1 is 0.426 bits per heavy atom. The quantitative estimate of drug-likeness (QED) is 0.0408. The maximum Gasteiger partial charge on any atom is 0.187 e. The van der Waals surface area contributed by atoms with Crippen LogP contribution < -0.4 is 19.5 Å². The molecule has 0 amide bonds.